The normalized spacial score (nSPS) is 14.6. The Hall–Kier alpha value is -6.71. The first-order valence-electron chi connectivity index (χ1n) is 25.2. The van der Waals surface area contributed by atoms with Gasteiger partial charge in [-0.25, -0.2) is 0 Å². The van der Waals surface area contributed by atoms with Gasteiger partial charge in [0.2, 0.25) is 0 Å². The van der Waals surface area contributed by atoms with Crippen LogP contribution in [0.15, 0.2) is 152 Å². The molecule has 0 unspecified atom stereocenters. The second-order valence-electron chi connectivity index (χ2n) is 24.7. The molecule has 9 aromatic rings. The molecule has 5 heterocycles. The summed E-state index contributed by atoms with van der Waals surface area (Å²) in [7, 11) is 0. The average Bonchev–Trinajstić information content (AvgIpc) is 3.65. The first-order valence-corrected chi connectivity index (χ1v) is 25.2. The Morgan fingerprint density at radius 1 is 0.362 bits per heavy atom. The van der Waals surface area contributed by atoms with Crippen molar-refractivity contribution in [1.29, 1.82) is 0 Å². The topological polar surface area (TPSA) is 11.4 Å². The quantitative estimate of drug-likeness (QED) is 0.160. The summed E-state index contributed by atoms with van der Waals surface area (Å²) in [6.07, 6.45) is 0. The van der Waals surface area contributed by atoms with E-state index in [2.05, 4.69) is 249 Å². The third-order valence-corrected chi connectivity index (χ3v) is 16.2. The maximum absolute atomic E-state index is 2.83. The minimum Gasteiger partial charge on any atom is -0.377 e. The summed E-state index contributed by atoms with van der Waals surface area (Å²) < 4.78 is 2.46. The van der Waals surface area contributed by atoms with Crippen LogP contribution in [0, 0.1) is 0 Å². The standard InChI is InChI=1S/C64H61B2N3/c1-61(2,3)38-24-27-44-48-29-31-57-58-60(48)69-59-49(45-28-25-39(62(4,5)6)34-51(45)66(69)50(44)33-38)32-41(64(10,11)12)36-53(59)65(58)52-35-40(63(7,8)9)26-30-56(52)68(57)43-19-17-18-42(37-43)67-54-22-15-13-20-46(54)47-21-14-16-23-55(47)67/h13-37H,1-12H3. The summed E-state index contributed by atoms with van der Waals surface area (Å²) in [6.45, 7) is 28.4. The van der Waals surface area contributed by atoms with Crippen molar-refractivity contribution in [2.45, 2.75) is 105 Å². The van der Waals surface area contributed by atoms with Crippen molar-refractivity contribution in [1.82, 2.24) is 4.57 Å². The molecule has 1 aromatic heterocycles. The predicted octanol–water partition coefficient (Wildman–Crippen LogP) is 13.5. The minimum absolute atomic E-state index is 0.000624. The number of benzene rings is 8. The Morgan fingerprint density at radius 3 is 1.45 bits per heavy atom. The van der Waals surface area contributed by atoms with Gasteiger partial charge in [0.1, 0.15) is 0 Å². The van der Waals surface area contributed by atoms with Gasteiger partial charge in [-0.3, -0.25) is 0 Å². The Labute approximate surface area is 410 Å². The molecule has 0 bridgehead atoms. The van der Waals surface area contributed by atoms with Crippen molar-refractivity contribution in [2.24, 2.45) is 0 Å². The van der Waals surface area contributed by atoms with E-state index in [1.54, 1.807) is 0 Å². The molecule has 8 aromatic carbocycles. The number of hydrogen-bond acceptors (Lipinski definition) is 2. The maximum Gasteiger partial charge on any atom is 0.329 e. The van der Waals surface area contributed by atoms with E-state index in [4.69, 9.17) is 0 Å². The lowest BCUT2D eigenvalue weighted by molar-refractivity contribution is 0.590. The molecule has 13 rings (SSSR count). The van der Waals surface area contributed by atoms with Gasteiger partial charge in [0.15, 0.2) is 0 Å². The average molecular weight is 894 g/mol. The van der Waals surface area contributed by atoms with E-state index < -0.39 is 0 Å². The molecule has 0 saturated carbocycles. The lowest BCUT2D eigenvalue weighted by Crippen LogP contribution is -2.69. The molecule has 0 saturated heterocycles. The van der Waals surface area contributed by atoms with Crippen molar-refractivity contribution >= 4 is 91.1 Å². The largest absolute Gasteiger partial charge is 0.377 e. The Bertz CT molecular complexity index is 3640. The van der Waals surface area contributed by atoms with Crippen molar-refractivity contribution in [3.8, 4) is 27.9 Å². The zero-order chi connectivity index (χ0) is 47.8. The van der Waals surface area contributed by atoms with Crippen molar-refractivity contribution in [2.75, 3.05) is 9.71 Å². The number of para-hydroxylation sites is 2. The highest BCUT2D eigenvalue weighted by molar-refractivity contribution is 7.03. The van der Waals surface area contributed by atoms with Crippen LogP contribution in [-0.4, -0.2) is 18.1 Å². The molecule has 0 atom stereocenters. The van der Waals surface area contributed by atoms with Crippen LogP contribution in [-0.2, 0) is 21.7 Å². The highest BCUT2D eigenvalue weighted by atomic mass is 15.2. The van der Waals surface area contributed by atoms with Gasteiger partial charge >= 0.3 is 6.85 Å². The smallest absolute Gasteiger partial charge is 0.329 e. The molecule has 0 fully saturated rings. The monoisotopic (exact) mass is 894 g/mol. The highest BCUT2D eigenvalue weighted by Crippen LogP contribution is 2.52. The van der Waals surface area contributed by atoms with Crippen LogP contribution >= 0.6 is 0 Å². The zero-order valence-electron chi connectivity index (χ0n) is 42.4. The van der Waals surface area contributed by atoms with E-state index >= 15 is 0 Å². The van der Waals surface area contributed by atoms with Gasteiger partial charge in [-0.1, -0.05) is 186 Å². The van der Waals surface area contributed by atoms with Gasteiger partial charge in [0, 0.05) is 56.0 Å². The fraction of sp³-hybridized carbons (Fsp3) is 0.250. The molecule has 3 nitrogen and oxygen atoms in total. The Balaban J connectivity index is 1.16. The number of hydrogen-bond donors (Lipinski definition) is 0. The maximum atomic E-state index is 2.83. The molecule has 338 valence electrons. The van der Waals surface area contributed by atoms with Crippen LogP contribution in [0.3, 0.4) is 0 Å². The first kappa shape index (κ1) is 42.4. The van der Waals surface area contributed by atoms with E-state index in [1.807, 2.05) is 0 Å². The fourth-order valence-electron chi connectivity index (χ4n) is 12.5. The van der Waals surface area contributed by atoms with Gasteiger partial charge in [0.05, 0.1) is 11.0 Å². The summed E-state index contributed by atoms with van der Waals surface area (Å²) in [6, 6.07) is 59.4. The number of fused-ring (bicyclic) bond motifs is 12. The zero-order valence-corrected chi connectivity index (χ0v) is 42.4. The van der Waals surface area contributed by atoms with E-state index in [0.29, 0.717) is 0 Å². The molecular formula is C64H61B2N3. The minimum atomic E-state index is -0.0704. The Morgan fingerprint density at radius 2 is 0.855 bits per heavy atom. The van der Waals surface area contributed by atoms with Gasteiger partial charge in [0.25, 0.3) is 6.71 Å². The van der Waals surface area contributed by atoms with Crippen LogP contribution in [0.1, 0.15) is 105 Å². The highest BCUT2D eigenvalue weighted by Gasteiger charge is 2.52. The number of nitrogens with zero attached hydrogens (tertiary/aromatic N) is 3. The van der Waals surface area contributed by atoms with E-state index in [-0.39, 0.29) is 35.2 Å². The SMILES string of the molecule is CC(C)(C)c1ccc2c(c1)B1c3cc(C(C)(C)C)ccc3-c3ccc4c5c3N1c1c(cc(C(C)(C)C)cc1-2)B5c1cc(C(C)(C)C)ccc1N4c1cccc(-n2c3ccccc3c3ccccc32)c1. The Kier molecular flexibility index (Phi) is 8.58. The fourth-order valence-corrected chi connectivity index (χ4v) is 12.5. The summed E-state index contributed by atoms with van der Waals surface area (Å²) in [5.74, 6) is 0. The molecule has 69 heavy (non-hydrogen) atoms. The summed E-state index contributed by atoms with van der Waals surface area (Å²) in [5.41, 5.74) is 27.7. The van der Waals surface area contributed by atoms with Gasteiger partial charge < -0.3 is 14.3 Å². The number of anilines is 5. The summed E-state index contributed by atoms with van der Waals surface area (Å²) >= 11 is 0. The van der Waals surface area contributed by atoms with Gasteiger partial charge in [-0.2, -0.15) is 0 Å². The van der Waals surface area contributed by atoms with Crippen molar-refractivity contribution < 1.29 is 0 Å². The predicted molar refractivity (Wildman–Crippen MR) is 299 cm³/mol. The molecule has 0 N–H and O–H groups in total. The summed E-state index contributed by atoms with van der Waals surface area (Å²) in [5, 5.41) is 2.54. The van der Waals surface area contributed by atoms with Gasteiger partial charge in [-0.05, 0) is 131 Å². The molecule has 4 aliphatic rings. The molecule has 5 heteroatoms. The van der Waals surface area contributed by atoms with Crippen molar-refractivity contribution in [3.63, 3.8) is 0 Å². The lowest BCUT2D eigenvalue weighted by atomic mass is 9.30. The van der Waals surface area contributed by atoms with Crippen LogP contribution in [0.25, 0.3) is 49.7 Å². The van der Waals surface area contributed by atoms with Crippen LogP contribution in [0.2, 0.25) is 0 Å². The molecule has 0 aliphatic carbocycles. The van der Waals surface area contributed by atoms with Gasteiger partial charge in [-0.15, -0.1) is 0 Å². The molecule has 0 amide bonds. The van der Waals surface area contributed by atoms with Crippen LogP contribution < -0.4 is 37.0 Å². The second kappa shape index (κ2) is 14.0. The number of rotatable bonds is 2. The second-order valence-corrected chi connectivity index (χ2v) is 24.7. The molecular weight excluding hydrogens is 832 g/mol. The third kappa shape index (κ3) is 6.01. The number of aromatic nitrogens is 1. The molecule has 0 spiro atoms. The third-order valence-electron chi connectivity index (χ3n) is 16.2. The lowest BCUT2D eigenvalue weighted by Gasteiger charge is -2.52. The summed E-state index contributed by atoms with van der Waals surface area (Å²) in [4.78, 5) is 5.43. The van der Waals surface area contributed by atoms with Crippen LogP contribution in [0.5, 0.6) is 0 Å². The molecule has 4 aliphatic heterocycles. The molecule has 0 radical (unpaired) electrons. The first-order chi connectivity index (χ1) is 32.8. The van der Waals surface area contributed by atoms with Crippen molar-refractivity contribution in [3.05, 3.63) is 174 Å². The van der Waals surface area contributed by atoms with Crippen LogP contribution in [0.4, 0.5) is 28.4 Å². The van der Waals surface area contributed by atoms with E-state index in [0.717, 1.165) is 11.4 Å². The van der Waals surface area contributed by atoms with E-state index in [9.17, 15) is 0 Å². The van der Waals surface area contributed by atoms with E-state index in [1.165, 1.54) is 116 Å².